The van der Waals surface area contributed by atoms with Crippen LogP contribution in [0.15, 0.2) is 42.5 Å². The number of ether oxygens (including phenoxy) is 1. The molecule has 2 aromatic rings. The number of phenols is 1. The fourth-order valence-corrected chi connectivity index (χ4v) is 2.37. The van der Waals surface area contributed by atoms with Crippen molar-refractivity contribution in [2.24, 2.45) is 0 Å². The minimum absolute atomic E-state index is 0.0612. The summed E-state index contributed by atoms with van der Waals surface area (Å²) in [6.07, 6.45) is -0.531. The molecular weight excluding hydrogens is 378 g/mol. The Morgan fingerprint density at radius 3 is 2.31 bits per heavy atom. The zero-order valence-electron chi connectivity index (χ0n) is 16.4. The number of nitrogens with zero attached hydrogens (tertiary/aromatic N) is 1. The molecule has 0 aliphatic heterocycles. The quantitative estimate of drug-likeness (QED) is 0.503. The van der Waals surface area contributed by atoms with Gasteiger partial charge in [-0.15, -0.1) is 0 Å². The smallest absolute Gasteiger partial charge is 0.407 e. The molecular formula is C20H23N3O6. The molecule has 2 rings (SSSR count). The monoisotopic (exact) mass is 401 g/mol. The average Bonchev–Trinajstić information content (AvgIpc) is 2.64. The minimum Gasteiger partial charge on any atom is -0.508 e. The van der Waals surface area contributed by atoms with Crippen molar-refractivity contribution in [1.29, 1.82) is 0 Å². The van der Waals surface area contributed by atoms with E-state index in [0.717, 1.165) is 5.56 Å². The molecule has 0 saturated carbocycles. The number of nitro groups is 1. The molecule has 0 saturated heterocycles. The van der Waals surface area contributed by atoms with Gasteiger partial charge in [0.15, 0.2) is 0 Å². The highest BCUT2D eigenvalue weighted by atomic mass is 16.6. The highest BCUT2D eigenvalue weighted by Crippen LogP contribution is 2.22. The highest BCUT2D eigenvalue weighted by molar-refractivity contribution is 5.94. The normalized spacial score (nSPS) is 10.9. The molecule has 154 valence electrons. The van der Waals surface area contributed by atoms with Gasteiger partial charge in [0.05, 0.1) is 4.92 Å². The van der Waals surface area contributed by atoms with E-state index in [1.54, 1.807) is 45.0 Å². The van der Waals surface area contributed by atoms with Gasteiger partial charge in [-0.05, 0) is 44.5 Å². The molecule has 2 amide bonds. The van der Waals surface area contributed by atoms with Crippen molar-refractivity contribution < 1.29 is 24.4 Å². The summed E-state index contributed by atoms with van der Waals surface area (Å²) in [7, 11) is 0. The van der Waals surface area contributed by atoms with Gasteiger partial charge in [-0.25, -0.2) is 4.79 Å². The fourth-order valence-electron chi connectivity index (χ4n) is 2.37. The first-order chi connectivity index (χ1) is 13.5. The summed E-state index contributed by atoms with van der Waals surface area (Å²) in [4.78, 5) is 34.2. The minimum atomic E-state index is -0.584. The third kappa shape index (κ3) is 6.80. The molecule has 0 aromatic heterocycles. The van der Waals surface area contributed by atoms with Gasteiger partial charge in [0.25, 0.3) is 11.6 Å². The van der Waals surface area contributed by atoms with Gasteiger partial charge in [0.2, 0.25) is 0 Å². The molecule has 0 fully saturated rings. The Balaban J connectivity index is 1.91. The summed E-state index contributed by atoms with van der Waals surface area (Å²) >= 11 is 0. The Labute approximate surface area is 167 Å². The Morgan fingerprint density at radius 2 is 1.72 bits per heavy atom. The van der Waals surface area contributed by atoms with E-state index in [0.29, 0.717) is 5.56 Å². The van der Waals surface area contributed by atoms with Crippen molar-refractivity contribution in [1.82, 2.24) is 10.6 Å². The SMILES string of the molecule is CC(C)(C)OC(=O)NCc1ccc(C(=O)NCc2cc([N+](=O)[O-])ccc2O)cc1. The summed E-state index contributed by atoms with van der Waals surface area (Å²) in [6.45, 7) is 5.50. The van der Waals surface area contributed by atoms with Gasteiger partial charge in [-0.1, -0.05) is 12.1 Å². The van der Waals surface area contributed by atoms with Crippen LogP contribution in [0.3, 0.4) is 0 Å². The summed E-state index contributed by atoms with van der Waals surface area (Å²) in [6, 6.07) is 10.2. The molecule has 0 aliphatic carbocycles. The van der Waals surface area contributed by atoms with Crippen molar-refractivity contribution in [3.8, 4) is 5.75 Å². The van der Waals surface area contributed by atoms with Gasteiger partial charge in [0.1, 0.15) is 11.4 Å². The number of rotatable bonds is 6. The van der Waals surface area contributed by atoms with E-state index in [-0.39, 0.29) is 30.1 Å². The number of alkyl carbamates (subject to hydrolysis) is 1. The number of carbonyl (C=O) groups excluding carboxylic acids is 2. The molecule has 29 heavy (non-hydrogen) atoms. The molecule has 0 bridgehead atoms. The van der Waals surface area contributed by atoms with E-state index in [2.05, 4.69) is 10.6 Å². The van der Waals surface area contributed by atoms with Crippen molar-refractivity contribution in [3.63, 3.8) is 0 Å². The lowest BCUT2D eigenvalue weighted by atomic mass is 10.1. The first kappa shape index (κ1) is 21.7. The van der Waals surface area contributed by atoms with Crippen LogP contribution >= 0.6 is 0 Å². The maximum Gasteiger partial charge on any atom is 0.407 e. The summed E-state index contributed by atoms with van der Waals surface area (Å²) in [5.74, 6) is -0.540. The van der Waals surface area contributed by atoms with Crippen LogP contribution in [0, 0.1) is 10.1 Å². The molecule has 0 unspecified atom stereocenters. The number of nitrogens with one attached hydrogen (secondary N) is 2. The second-order valence-corrected chi connectivity index (χ2v) is 7.31. The zero-order chi connectivity index (χ0) is 21.6. The molecule has 0 spiro atoms. The number of non-ortho nitro benzene ring substituents is 1. The maximum atomic E-state index is 12.3. The van der Waals surface area contributed by atoms with Crippen molar-refractivity contribution in [2.45, 2.75) is 39.5 Å². The topological polar surface area (TPSA) is 131 Å². The van der Waals surface area contributed by atoms with E-state index in [9.17, 15) is 24.8 Å². The van der Waals surface area contributed by atoms with Gasteiger partial charge in [-0.2, -0.15) is 0 Å². The average molecular weight is 401 g/mol. The van der Waals surface area contributed by atoms with Crippen LogP contribution in [0.25, 0.3) is 0 Å². The lowest BCUT2D eigenvalue weighted by molar-refractivity contribution is -0.384. The number of hydrogen-bond donors (Lipinski definition) is 3. The molecule has 0 heterocycles. The molecule has 9 nitrogen and oxygen atoms in total. The number of phenolic OH excluding ortho intramolecular Hbond substituents is 1. The molecule has 0 aliphatic rings. The van der Waals surface area contributed by atoms with Crippen LogP contribution in [0.1, 0.15) is 42.3 Å². The number of benzene rings is 2. The van der Waals surface area contributed by atoms with E-state index in [1.165, 1.54) is 18.2 Å². The second-order valence-electron chi connectivity index (χ2n) is 7.31. The van der Waals surface area contributed by atoms with Crippen LogP contribution in [0.5, 0.6) is 5.75 Å². The number of aromatic hydroxyl groups is 1. The predicted octanol–water partition coefficient (Wildman–Crippen LogP) is 3.26. The van der Waals surface area contributed by atoms with Gasteiger partial charge in [-0.3, -0.25) is 14.9 Å². The number of hydrogen-bond acceptors (Lipinski definition) is 6. The Hall–Kier alpha value is -3.62. The van der Waals surface area contributed by atoms with Crippen LogP contribution in [-0.4, -0.2) is 27.6 Å². The van der Waals surface area contributed by atoms with Crippen LogP contribution in [-0.2, 0) is 17.8 Å². The van der Waals surface area contributed by atoms with Crippen LogP contribution in [0.2, 0.25) is 0 Å². The van der Waals surface area contributed by atoms with Gasteiger partial charge in [0, 0.05) is 36.3 Å². The van der Waals surface area contributed by atoms with E-state index in [1.807, 2.05) is 0 Å². The molecule has 2 aromatic carbocycles. The van der Waals surface area contributed by atoms with Crippen molar-refractivity contribution >= 4 is 17.7 Å². The number of carbonyl (C=O) groups is 2. The first-order valence-corrected chi connectivity index (χ1v) is 8.85. The van der Waals surface area contributed by atoms with Gasteiger partial charge < -0.3 is 20.5 Å². The number of amides is 2. The third-order valence-electron chi connectivity index (χ3n) is 3.77. The maximum absolute atomic E-state index is 12.3. The number of nitro benzene ring substituents is 1. The van der Waals surface area contributed by atoms with Crippen molar-refractivity contribution in [3.05, 3.63) is 69.3 Å². The highest BCUT2D eigenvalue weighted by Gasteiger charge is 2.16. The third-order valence-corrected chi connectivity index (χ3v) is 3.77. The summed E-state index contributed by atoms with van der Waals surface area (Å²) in [5.41, 5.74) is 0.638. The predicted molar refractivity (Wildman–Crippen MR) is 105 cm³/mol. The molecule has 0 radical (unpaired) electrons. The van der Waals surface area contributed by atoms with E-state index in [4.69, 9.17) is 4.74 Å². The second kappa shape index (κ2) is 9.05. The Kier molecular flexibility index (Phi) is 6.76. The lowest BCUT2D eigenvalue weighted by Crippen LogP contribution is -2.32. The van der Waals surface area contributed by atoms with Gasteiger partial charge >= 0.3 is 6.09 Å². The lowest BCUT2D eigenvalue weighted by Gasteiger charge is -2.19. The molecule has 0 atom stereocenters. The standard InChI is InChI=1S/C20H23N3O6/c1-20(2,3)29-19(26)22-11-13-4-6-14(7-5-13)18(25)21-12-15-10-16(23(27)28)8-9-17(15)24/h4-10,24H,11-12H2,1-3H3,(H,21,25)(H,22,26). The first-order valence-electron chi connectivity index (χ1n) is 8.85. The Bertz CT molecular complexity index is 903. The largest absolute Gasteiger partial charge is 0.508 e. The zero-order valence-corrected chi connectivity index (χ0v) is 16.4. The van der Waals surface area contributed by atoms with Crippen molar-refractivity contribution in [2.75, 3.05) is 0 Å². The fraction of sp³-hybridized carbons (Fsp3) is 0.300. The van der Waals surface area contributed by atoms with Crippen LogP contribution in [0.4, 0.5) is 10.5 Å². The summed E-state index contributed by atoms with van der Waals surface area (Å²) in [5, 5.41) is 25.8. The summed E-state index contributed by atoms with van der Waals surface area (Å²) < 4.78 is 5.15. The van der Waals surface area contributed by atoms with E-state index >= 15 is 0 Å². The van der Waals surface area contributed by atoms with E-state index < -0.39 is 22.5 Å². The molecule has 3 N–H and O–H groups in total. The Morgan fingerprint density at radius 1 is 1.07 bits per heavy atom. The molecule has 9 heteroatoms. The van der Waals surface area contributed by atoms with Crippen LogP contribution < -0.4 is 10.6 Å².